The summed E-state index contributed by atoms with van der Waals surface area (Å²) in [6, 6.07) is 14.1. The molecule has 0 spiro atoms. The predicted molar refractivity (Wildman–Crippen MR) is 135 cm³/mol. The van der Waals surface area contributed by atoms with Crippen molar-refractivity contribution in [2.75, 3.05) is 43.4 Å². The van der Waals surface area contributed by atoms with E-state index in [0.29, 0.717) is 5.56 Å². The Morgan fingerprint density at radius 3 is 2.52 bits per heavy atom. The summed E-state index contributed by atoms with van der Waals surface area (Å²) in [6.07, 6.45) is 1.74. The number of carbonyl (C=O) groups excluding carboxylic acids is 1. The van der Waals surface area contributed by atoms with E-state index in [0.717, 1.165) is 53.5 Å². The Morgan fingerprint density at radius 1 is 1.09 bits per heavy atom. The van der Waals surface area contributed by atoms with Crippen molar-refractivity contribution < 1.29 is 4.79 Å². The minimum absolute atomic E-state index is 0.145. The summed E-state index contributed by atoms with van der Waals surface area (Å²) in [5.74, 6) is -0.157. The highest BCUT2D eigenvalue weighted by molar-refractivity contribution is 7.13. The quantitative estimate of drug-likeness (QED) is 0.466. The highest BCUT2D eigenvalue weighted by Gasteiger charge is 2.19. The van der Waals surface area contributed by atoms with E-state index in [1.807, 2.05) is 40.4 Å². The normalized spacial score (nSPS) is 14.8. The smallest absolute Gasteiger partial charge is 0.256 e. The van der Waals surface area contributed by atoms with Crippen LogP contribution in [0.2, 0.25) is 0 Å². The van der Waals surface area contributed by atoms with E-state index >= 15 is 0 Å². The Kier molecular flexibility index (Phi) is 5.86. The van der Waals surface area contributed by atoms with Crippen molar-refractivity contribution in [2.45, 2.75) is 19.9 Å². The molecule has 4 aromatic rings. The molecule has 0 radical (unpaired) electrons. The summed E-state index contributed by atoms with van der Waals surface area (Å²) >= 11 is 1.61. The molecule has 7 nitrogen and oxygen atoms in total. The zero-order chi connectivity index (χ0) is 22.9. The number of rotatable bonds is 5. The summed E-state index contributed by atoms with van der Waals surface area (Å²) in [4.78, 5) is 23.9. The molecule has 1 fully saturated rings. The summed E-state index contributed by atoms with van der Waals surface area (Å²) in [5, 5.41) is 10.4. The van der Waals surface area contributed by atoms with Gasteiger partial charge in [0.05, 0.1) is 27.7 Å². The third-order valence-electron chi connectivity index (χ3n) is 6.07. The van der Waals surface area contributed by atoms with Gasteiger partial charge in [-0.2, -0.15) is 5.10 Å². The van der Waals surface area contributed by atoms with Gasteiger partial charge in [0, 0.05) is 43.6 Å². The molecule has 3 aromatic heterocycles. The molecule has 1 aliphatic rings. The lowest BCUT2D eigenvalue weighted by Crippen LogP contribution is -2.44. The molecule has 0 aliphatic carbocycles. The molecule has 1 saturated heterocycles. The molecule has 0 saturated carbocycles. The van der Waals surface area contributed by atoms with E-state index in [1.54, 1.807) is 17.5 Å². The summed E-state index contributed by atoms with van der Waals surface area (Å²) < 4.78 is 1.87. The molecule has 170 valence electrons. The fourth-order valence-electron chi connectivity index (χ4n) is 4.15. The van der Waals surface area contributed by atoms with Crippen molar-refractivity contribution in [3.8, 4) is 10.6 Å². The van der Waals surface area contributed by atoms with Crippen molar-refractivity contribution in [1.82, 2.24) is 19.7 Å². The zero-order valence-electron chi connectivity index (χ0n) is 19.2. The molecule has 1 N–H and O–H groups in total. The summed E-state index contributed by atoms with van der Waals surface area (Å²) in [5.41, 5.74) is 4.06. The molecule has 8 heteroatoms. The highest BCUT2D eigenvalue weighted by atomic mass is 32.1. The second kappa shape index (κ2) is 8.96. The van der Waals surface area contributed by atoms with Crippen LogP contribution in [0.25, 0.3) is 21.6 Å². The van der Waals surface area contributed by atoms with Crippen molar-refractivity contribution in [2.24, 2.45) is 0 Å². The largest absolute Gasteiger partial charge is 0.369 e. The van der Waals surface area contributed by atoms with Gasteiger partial charge < -0.3 is 15.1 Å². The Labute approximate surface area is 197 Å². The number of nitrogens with zero attached hydrogens (tertiary/aromatic N) is 5. The molecule has 5 rings (SSSR count). The van der Waals surface area contributed by atoms with E-state index in [9.17, 15) is 4.79 Å². The summed E-state index contributed by atoms with van der Waals surface area (Å²) in [7, 11) is 2.15. The average Bonchev–Trinajstić information content (AvgIpc) is 3.50. The van der Waals surface area contributed by atoms with Crippen LogP contribution < -0.4 is 10.2 Å². The first-order chi connectivity index (χ1) is 16.0. The first-order valence-corrected chi connectivity index (χ1v) is 12.1. The van der Waals surface area contributed by atoms with E-state index in [2.05, 4.69) is 53.2 Å². The van der Waals surface area contributed by atoms with Gasteiger partial charge in [-0.05, 0) is 62.7 Å². The standard InChI is InChI=1S/C25H28N6OS/c1-17(2)31-24-21(16-26-31)20(15-22(28-24)23-5-4-14-33-23)25(32)27-18-6-8-19(9-7-18)30-12-10-29(3)11-13-30/h4-9,14-17H,10-13H2,1-3H3,(H,27,32). The monoisotopic (exact) mass is 460 g/mol. The van der Waals surface area contributed by atoms with Gasteiger partial charge in [0.15, 0.2) is 5.65 Å². The van der Waals surface area contributed by atoms with Gasteiger partial charge in [0.2, 0.25) is 0 Å². The van der Waals surface area contributed by atoms with Gasteiger partial charge in [-0.1, -0.05) is 6.07 Å². The van der Waals surface area contributed by atoms with Gasteiger partial charge in [0.1, 0.15) is 0 Å². The topological polar surface area (TPSA) is 66.3 Å². The first-order valence-electron chi connectivity index (χ1n) is 11.3. The molecule has 0 atom stereocenters. The SMILES string of the molecule is CC(C)n1ncc2c(C(=O)Nc3ccc(N4CCN(C)CC4)cc3)cc(-c3cccs3)nc21. The zero-order valence-corrected chi connectivity index (χ0v) is 20.0. The summed E-state index contributed by atoms with van der Waals surface area (Å²) in [6.45, 7) is 8.28. The lowest BCUT2D eigenvalue weighted by molar-refractivity contribution is 0.102. The molecular weight excluding hydrogens is 432 g/mol. The number of amides is 1. The molecule has 33 heavy (non-hydrogen) atoms. The van der Waals surface area contributed by atoms with Crippen LogP contribution >= 0.6 is 11.3 Å². The van der Waals surface area contributed by atoms with E-state index in [-0.39, 0.29) is 11.9 Å². The molecule has 1 amide bonds. The number of hydrogen-bond acceptors (Lipinski definition) is 6. The van der Waals surface area contributed by atoms with E-state index in [4.69, 9.17) is 4.98 Å². The fraction of sp³-hybridized carbons (Fsp3) is 0.320. The number of anilines is 2. The van der Waals surface area contributed by atoms with Crippen LogP contribution in [0.3, 0.4) is 0 Å². The van der Waals surface area contributed by atoms with Crippen LogP contribution in [0.1, 0.15) is 30.2 Å². The third-order valence-corrected chi connectivity index (χ3v) is 6.96. The molecule has 4 heterocycles. The lowest BCUT2D eigenvalue weighted by atomic mass is 10.1. The minimum Gasteiger partial charge on any atom is -0.369 e. The second-order valence-electron chi connectivity index (χ2n) is 8.74. The maximum Gasteiger partial charge on any atom is 0.256 e. The second-order valence-corrected chi connectivity index (χ2v) is 9.69. The first kappa shape index (κ1) is 21.6. The minimum atomic E-state index is -0.157. The maximum atomic E-state index is 13.4. The van der Waals surface area contributed by atoms with Gasteiger partial charge in [-0.15, -0.1) is 11.3 Å². The van der Waals surface area contributed by atoms with Gasteiger partial charge in [0.25, 0.3) is 5.91 Å². The number of likely N-dealkylation sites (N-methyl/N-ethyl adjacent to an activating group) is 1. The van der Waals surface area contributed by atoms with Gasteiger partial charge in [-0.25, -0.2) is 9.67 Å². The Balaban J connectivity index is 1.43. The van der Waals surface area contributed by atoms with Crippen LogP contribution in [-0.2, 0) is 0 Å². The third kappa shape index (κ3) is 4.36. The van der Waals surface area contributed by atoms with Gasteiger partial charge in [-0.3, -0.25) is 4.79 Å². The van der Waals surface area contributed by atoms with Crippen molar-refractivity contribution in [1.29, 1.82) is 0 Å². The number of nitrogens with one attached hydrogen (secondary N) is 1. The van der Waals surface area contributed by atoms with Crippen LogP contribution in [-0.4, -0.2) is 58.8 Å². The lowest BCUT2D eigenvalue weighted by Gasteiger charge is -2.34. The number of aromatic nitrogens is 3. The number of hydrogen-bond donors (Lipinski definition) is 1. The number of pyridine rings is 1. The Morgan fingerprint density at radius 2 is 1.85 bits per heavy atom. The highest BCUT2D eigenvalue weighted by Crippen LogP contribution is 2.29. The number of piperazine rings is 1. The Hall–Kier alpha value is -3.23. The molecule has 1 aromatic carbocycles. The number of benzene rings is 1. The van der Waals surface area contributed by atoms with Crippen LogP contribution in [0.5, 0.6) is 0 Å². The maximum absolute atomic E-state index is 13.4. The van der Waals surface area contributed by atoms with Crippen molar-refractivity contribution in [3.05, 3.63) is 59.6 Å². The number of carbonyl (C=O) groups is 1. The predicted octanol–water partition coefficient (Wildman–Crippen LogP) is 4.74. The molecule has 1 aliphatic heterocycles. The van der Waals surface area contributed by atoms with Crippen molar-refractivity contribution in [3.63, 3.8) is 0 Å². The number of thiophene rings is 1. The average molecular weight is 461 g/mol. The molecular formula is C25H28N6OS. The Bertz CT molecular complexity index is 1250. The molecule has 0 unspecified atom stereocenters. The molecule has 0 bridgehead atoms. The van der Waals surface area contributed by atoms with E-state index in [1.165, 1.54) is 5.69 Å². The number of fused-ring (bicyclic) bond motifs is 1. The fourth-order valence-corrected chi connectivity index (χ4v) is 4.84. The van der Waals surface area contributed by atoms with Crippen molar-refractivity contribution >= 4 is 39.7 Å². The van der Waals surface area contributed by atoms with Crippen LogP contribution in [0.4, 0.5) is 11.4 Å². The van der Waals surface area contributed by atoms with Gasteiger partial charge >= 0.3 is 0 Å². The van der Waals surface area contributed by atoms with E-state index < -0.39 is 0 Å². The van der Waals surface area contributed by atoms with Crippen LogP contribution in [0.15, 0.2) is 54.0 Å². The van der Waals surface area contributed by atoms with Crippen LogP contribution in [0, 0.1) is 0 Å².